The molecule has 0 radical (unpaired) electrons. The van der Waals surface area contributed by atoms with E-state index in [4.69, 9.17) is 0 Å². The summed E-state index contributed by atoms with van der Waals surface area (Å²) in [5, 5.41) is 0. The van der Waals surface area contributed by atoms with Gasteiger partial charge < -0.3 is 14.4 Å². The molecule has 0 saturated carbocycles. The summed E-state index contributed by atoms with van der Waals surface area (Å²) in [7, 11) is 2.64. The maximum absolute atomic E-state index is 11.2. The van der Waals surface area contributed by atoms with Gasteiger partial charge in [0.05, 0.1) is 26.3 Å². The number of hydrogen-bond acceptors (Lipinski definition) is 4. The Morgan fingerprint density at radius 3 is 2.64 bits per heavy atom. The van der Waals surface area contributed by atoms with Gasteiger partial charge in [0.25, 0.3) is 0 Å². The lowest BCUT2D eigenvalue weighted by molar-refractivity contribution is -0.136. The van der Waals surface area contributed by atoms with Crippen molar-refractivity contribution in [1.82, 2.24) is 4.90 Å². The SMILES string of the molecule is COC(=O)C1=CCCN(C(=O)OC)C1. The van der Waals surface area contributed by atoms with Gasteiger partial charge in [0.2, 0.25) is 0 Å². The molecule has 0 aliphatic carbocycles. The van der Waals surface area contributed by atoms with Crippen molar-refractivity contribution in [3.05, 3.63) is 11.6 Å². The number of nitrogens with zero attached hydrogens (tertiary/aromatic N) is 1. The Morgan fingerprint density at radius 1 is 1.36 bits per heavy atom. The van der Waals surface area contributed by atoms with Crippen molar-refractivity contribution in [3.8, 4) is 0 Å². The van der Waals surface area contributed by atoms with Gasteiger partial charge in [-0.05, 0) is 6.42 Å². The van der Waals surface area contributed by atoms with E-state index < -0.39 is 12.1 Å². The molecule has 5 nitrogen and oxygen atoms in total. The highest BCUT2D eigenvalue weighted by atomic mass is 16.5. The topological polar surface area (TPSA) is 55.8 Å². The molecular formula is C9H13NO4. The molecule has 0 aromatic heterocycles. The molecule has 0 N–H and O–H groups in total. The van der Waals surface area contributed by atoms with Crippen LogP contribution in [0.1, 0.15) is 6.42 Å². The maximum atomic E-state index is 11.2. The molecule has 0 bridgehead atoms. The van der Waals surface area contributed by atoms with Gasteiger partial charge in [0, 0.05) is 6.54 Å². The average molecular weight is 199 g/mol. The van der Waals surface area contributed by atoms with E-state index in [0.717, 1.165) is 0 Å². The first kappa shape index (κ1) is 10.6. The Morgan fingerprint density at radius 2 is 2.07 bits per heavy atom. The van der Waals surface area contributed by atoms with Crippen molar-refractivity contribution in [2.75, 3.05) is 27.3 Å². The molecule has 0 aromatic rings. The number of methoxy groups -OCH3 is 2. The summed E-state index contributed by atoms with van der Waals surface area (Å²) in [5.74, 6) is -0.390. The van der Waals surface area contributed by atoms with Gasteiger partial charge in [-0.25, -0.2) is 9.59 Å². The molecule has 0 saturated heterocycles. The zero-order valence-electron chi connectivity index (χ0n) is 8.28. The summed E-state index contributed by atoms with van der Waals surface area (Å²) in [5.41, 5.74) is 0.504. The summed E-state index contributed by atoms with van der Waals surface area (Å²) < 4.78 is 9.12. The van der Waals surface area contributed by atoms with Gasteiger partial charge in [-0.2, -0.15) is 0 Å². The molecule has 78 valence electrons. The van der Waals surface area contributed by atoms with E-state index in [-0.39, 0.29) is 6.54 Å². The molecule has 0 fully saturated rings. The van der Waals surface area contributed by atoms with Gasteiger partial charge in [0.1, 0.15) is 0 Å². The van der Waals surface area contributed by atoms with Crippen molar-refractivity contribution in [3.63, 3.8) is 0 Å². The summed E-state index contributed by atoms with van der Waals surface area (Å²) >= 11 is 0. The smallest absolute Gasteiger partial charge is 0.409 e. The van der Waals surface area contributed by atoms with Gasteiger partial charge in [-0.3, -0.25) is 0 Å². The summed E-state index contributed by atoms with van der Waals surface area (Å²) in [6, 6.07) is 0. The second-order valence-electron chi connectivity index (χ2n) is 2.90. The lowest BCUT2D eigenvalue weighted by atomic mass is 10.1. The normalized spacial score (nSPS) is 15.9. The van der Waals surface area contributed by atoms with Crippen molar-refractivity contribution in [2.45, 2.75) is 6.42 Å². The number of esters is 1. The van der Waals surface area contributed by atoms with Crippen LogP contribution in [-0.2, 0) is 14.3 Å². The van der Waals surface area contributed by atoms with Gasteiger partial charge in [-0.15, -0.1) is 0 Å². The van der Waals surface area contributed by atoms with Gasteiger partial charge >= 0.3 is 12.1 Å². The zero-order valence-corrected chi connectivity index (χ0v) is 8.28. The van der Waals surface area contributed by atoms with E-state index in [1.54, 1.807) is 6.08 Å². The van der Waals surface area contributed by atoms with Crippen molar-refractivity contribution in [2.24, 2.45) is 0 Å². The van der Waals surface area contributed by atoms with Crippen LogP contribution in [0.2, 0.25) is 0 Å². The minimum Gasteiger partial charge on any atom is -0.466 e. The number of rotatable bonds is 1. The van der Waals surface area contributed by atoms with Gasteiger partial charge in [-0.1, -0.05) is 6.08 Å². The van der Waals surface area contributed by atoms with Crippen LogP contribution < -0.4 is 0 Å². The monoisotopic (exact) mass is 199 g/mol. The third-order valence-corrected chi connectivity index (χ3v) is 2.03. The highest BCUT2D eigenvalue weighted by Gasteiger charge is 2.22. The van der Waals surface area contributed by atoms with Crippen LogP contribution >= 0.6 is 0 Å². The van der Waals surface area contributed by atoms with Crippen LogP contribution in [0, 0.1) is 0 Å². The number of amides is 1. The first-order valence-electron chi connectivity index (χ1n) is 4.29. The largest absolute Gasteiger partial charge is 0.466 e. The zero-order chi connectivity index (χ0) is 10.6. The molecular weight excluding hydrogens is 186 g/mol. The van der Waals surface area contributed by atoms with Crippen LogP contribution in [0.3, 0.4) is 0 Å². The fourth-order valence-electron chi connectivity index (χ4n) is 1.31. The standard InChI is InChI=1S/C9H13NO4/c1-13-8(11)7-4-3-5-10(6-7)9(12)14-2/h4H,3,5-6H2,1-2H3. The third kappa shape index (κ3) is 2.25. The molecule has 0 unspecified atom stereocenters. The Kier molecular flexibility index (Phi) is 3.50. The predicted molar refractivity (Wildman–Crippen MR) is 48.7 cm³/mol. The molecule has 1 amide bonds. The van der Waals surface area contributed by atoms with E-state index in [1.807, 2.05) is 0 Å². The molecule has 1 aliphatic rings. The Bertz CT molecular complexity index is 272. The van der Waals surface area contributed by atoms with Crippen molar-refractivity contribution >= 4 is 12.1 Å². The second kappa shape index (κ2) is 4.64. The van der Waals surface area contributed by atoms with Crippen molar-refractivity contribution in [1.29, 1.82) is 0 Å². The predicted octanol–water partition coefficient (Wildman–Crippen LogP) is 0.558. The summed E-state index contributed by atoms with van der Waals surface area (Å²) in [6.07, 6.45) is 2.02. The number of hydrogen-bond donors (Lipinski definition) is 0. The Hall–Kier alpha value is -1.52. The summed E-state index contributed by atoms with van der Waals surface area (Å²) in [6.45, 7) is 0.840. The molecule has 1 aliphatic heterocycles. The second-order valence-corrected chi connectivity index (χ2v) is 2.90. The molecule has 0 spiro atoms. The fourth-order valence-corrected chi connectivity index (χ4v) is 1.31. The van der Waals surface area contributed by atoms with Crippen LogP contribution in [-0.4, -0.2) is 44.3 Å². The Balaban J connectivity index is 2.62. The minimum absolute atomic E-state index is 0.263. The third-order valence-electron chi connectivity index (χ3n) is 2.03. The maximum Gasteiger partial charge on any atom is 0.409 e. The molecule has 14 heavy (non-hydrogen) atoms. The quantitative estimate of drug-likeness (QED) is 0.579. The first-order chi connectivity index (χ1) is 6.69. The minimum atomic E-state index is -0.417. The van der Waals surface area contributed by atoms with Crippen LogP contribution in [0.25, 0.3) is 0 Å². The Labute approximate surface area is 82.3 Å². The van der Waals surface area contributed by atoms with E-state index in [2.05, 4.69) is 9.47 Å². The molecule has 1 rings (SSSR count). The van der Waals surface area contributed by atoms with E-state index in [1.165, 1.54) is 19.1 Å². The lowest BCUT2D eigenvalue weighted by Gasteiger charge is -2.24. The van der Waals surface area contributed by atoms with Crippen LogP contribution in [0.15, 0.2) is 11.6 Å². The summed E-state index contributed by atoms with van der Waals surface area (Å²) in [4.78, 5) is 23.8. The van der Waals surface area contributed by atoms with Gasteiger partial charge in [0.15, 0.2) is 0 Å². The highest BCUT2D eigenvalue weighted by Crippen LogP contribution is 2.11. The molecule has 0 atom stereocenters. The first-order valence-corrected chi connectivity index (χ1v) is 4.29. The molecule has 5 heteroatoms. The fraction of sp³-hybridized carbons (Fsp3) is 0.556. The number of ether oxygens (including phenoxy) is 2. The van der Waals surface area contributed by atoms with E-state index >= 15 is 0 Å². The average Bonchev–Trinajstić information content (AvgIpc) is 2.27. The molecule has 0 aromatic carbocycles. The van der Waals surface area contributed by atoms with E-state index in [9.17, 15) is 9.59 Å². The van der Waals surface area contributed by atoms with Crippen LogP contribution in [0.4, 0.5) is 4.79 Å². The van der Waals surface area contributed by atoms with Crippen LogP contribution in [0.5, 0.6) is 0 Å². The number of carbonyl (C=O) groups excluding carboxylic acids is 2. The highest BCUT2D eigenvalue weighted by molar-refractivity contribution is 5.89. The number of carbonyl (C=O) groups is 2. The van der Waals surface area contributed by atoms with E-state index in [0.29, 0.717) is 18.5 Å². The lowest BCUT2D eigenvalue weighted by Crippen LogP contribution is -2.37. The molecule has 1 heterocycles. The van der Waals surface area contributed by atoms with Crippen molar-refractivity contribution < 1.29 is 19.1 Å².